The third-order valence-corrected chi connectivity index (χ3v) is 2.95. The van der Waals surface area contributed by atoms with Crippen LogP contribution in [0, 0.1) is 0 Å². The van der Waals surface area contributed by atoms with E-state index in [1.807, 2.05) is 31.3 Å². The van der Waals surface area contributed by atoms with E-state index >= 15 is 0 Å². The highest BCUT2D eigenvalue weighted by Crippen LogP contribution is 2.15. The fraction of sp³-hybridized carbons (Fsp3) is 0.267. The Balaban J connectivity index is 2.26. The highest BCUT2D eigenvalue weighted by molar-refractivity contribution is 5.99. The average Bonchev–Trinajstić information content (AvgIpc) is 2.92. The van der Waals surface area contributed by atoms with Gasteiger partial charge in [0.1, 0.15) is 0 Å². The molecule has 0 saturated carbocycles. The van der Waals surface area contributed by atoms with Crippen LogP contribution < -0.4 is 11.1 Å². The molecule has 2 rings (SSSR count). The zero-order chi connectivity index (χ0) is 16.1. The van der Waals surface area contributed by atoms with Crippen molar-refractivity contribution in [1.82, 2.24) is 20.0 Å². The predicted molar refractivity (Wildman–Crippen MR) is 82.5 cm³/mol. The maximum absolute atomic E-state index is 12.2. The summed E-state index contributed by atoms with van der Waals surface area (Å²) in [7, 11) is 3.95. The summed E-state index contributed by atoms with van der Waals surface area (Å²) in [5, 5.41) is 6.78. The molecule has 7 nitrogen and oxygen atoms in total. The molecule has 0 aliphatic carbocycles. The van der Waals surface area contributed by atoms with Gasteiger partial charge in [-0.05, 0) is 26.2 Å². The van der Waals surface area contributed by atoms with Crippen LogP contribution in [0.2, 0.25) is 0 Å². The third-order valence-electron chi connectivity index (χ3n) is 2.95. The second-order valence-electron chi connectivity index (χ2n) is 5.20. The summed E-state index contributed by atoms with van der Waals surface area (Å²) in [5.41, 5.74) is 7.16. The normalized spacial score (nSPS) is 10.7. The molecule has 3 N–H and O–H groups in total. The smallest absolute Gasteiger partial charge is 0.253 e. The molecule has 0 radical (unpaired) electrons. The van der Waals surface area contributed by atoms with Gasteiger partial charge < -0.3 is 16.0 Å². The Morgan fingerprint density at radius 3 is 2.73 bits per heavy atom. The van der Waals surface area contributed by atoms with Gasteiger partial charge in [0.05, 0.1) is 24.0 Å². The number of benzene rings is 1. The highest BCUT2D eigenvalue weighted by atomic mass is 16.2. The van der Waals surface area contributed by atoms with Crippen LogP contribution >= 0.6 is 0 Å². The molecule has 0 spiro atoms. The molecule has 2 aromatic rings. The lowest BCUT2D eigenvalue weighted by molar-refractivity contribution is -0.117. The lowest BCUT2D eigenvalue weighted by atomic mass is 10.1. The van der Waals surface area contributed by atoms with Crippen LogP contribution in [0.25, 0.3) is 5.69 Å². The van der Waals surface area contributed by atoms with Gasteiger partial charge in [-0.3, -0.25) is 9.59 Å². The van der Waals surface area contributed by atoms with Crippen LogP contribution in [0.3, 0.4) is 0 Å². The Bertz CT molecular complexity index is 678. The maximum Gasteiger partial charge on any atom is 0.253 e. The van der Waals surface area contributed by atoms with E-state index in [0.717, 1.165) is 12.1 Å². The largest absolute Gasteiger partial charge is 0.368 e. The second-order valence-corrected chi connectivity index (χ2v) is 5.20. The van der Waals surface area contributed by atoms with E-state index in [-0.39, 0.29) is 12.5 Å². The minimum Gasteiger partial charge on any atom is -0.368 e. The summed E-state index contributed by atoms with van der Waals surface area (Å²) >= 11 is 0. The van der Waals surface area contributed by atoms with Gasteiger partial charge >= 0.3 is 0 Å². The predicted octanol–water partition coefficient (Wildman–Crippen LogP) is 0.149. The van der Waals surface area contributed by atoms with Crippen molar-refractivity contribution in [2.45, 2.75) is 6.54 Å². The molecular formula is C15H19N5O2. The molecule has 0 aliphatic rings. The van der Waals surface area contributed by atoms with Gasteiger partial charge in [-0.15, -0.1) is 0 Å². The molecule has 1 heterocycles. The van der Waals surface area contributed by atoms with Crippen LogP contribution in [-0.4, -0.2) is 47.1 Å². The number of nitrogens with one attached hydrogen (secondary N) is 1. The summed E-state index contributed by atoms with van der Waals surface area (Å²) in [6.07, 6.45) is 3.64. The van der Waals surface area contributed by atoms with Crippen LogP contribution in [0.1, 0.15) is 15.9 Å². The van der Waals surface area contributed by atoms with Gasteiger partial charge in [0.15, 0.2) is 0 Å². The Hall–Kier alpha value is -2.67. The first kappa shape index (κ1) is 15.7. The minimum atomic E-state index is -0.585. The van der Waals surface area contributed by atoms with E-state index < -0.39 is 5.91 Å². The van der Waals surface area contributed by atoms with Crippen molar-refractivity contribution < 1.29 is 9.59 Å². The van der Waals surface area contributed by atoms with Crippen molar-refractivity contribution in [1.29, 1.82) is 0 Å². The summed E-state index contributed by atoms with van der Waals surface area (Å²) in [4.78, 5) is 25.0. The lowest BCUT2D eigenvalue weighted by Gasteiger charge is -2.09. The van der Waals surface area contributed by atoms with Crippen molar-refractivity contribution >= 4 is 11.8 Å². The van der Waals surface area contributed by atoms with E-state index in [4.69, 9.17) is 5.73 Å². The van der Waals surface area contributed by atoms with E-state index in [1.54, 1.807) is 29.1 Å². The fourth-order valence-corrected chi connectivity index (χ4v) is 2.07. The van der Waals surface area contributed by atoms with Crippen LogP contribution in [-0.2, 0) is 11.3 Å². The topological polar surface area (TPSA) is 93.2 Å². The zero-order valence-electron chi connectivity index (χ0n) is 12.6. The Morgan fingerprint density at radius 1 is 1.32 bits per heavy atom. The molecule has 22 heavy (non-hydrogen) atoms. The van der Waals surface area contributed by atoms with Gasteiger partial charge in [-0.2, -0.15) is 5.10 Å². The van der Waals surface area contributed by atoms with Gasteiger partial charge in [0, 0.05) is 18.3 Å². The Kier molecular flexibility index (Phi) is 4.90. The standard InChI is InChI=1S/C15H19N5O2/c1-19(2)9-11-7-18-20(10-11)13-6-4-3-5-12(13)15(22)17-8-14(16)21/h3-7,10H,8-9H2,1-2H3,(H2,16,21)(H,17,22). The van der Waals surface area contributed by atoms with Gasteiger partial charge in [0.25, 0.3) is 5.91 Å². The Morgan fingerprint density at radius 2 is 2.05 bits per heavy atom. The lowest BCUT2D eigenvalue weighted by Crippen LogP contribution is -2.33. The van der Waals surface area contributed by atoms with E-state index in [9.17, 15) is 9.59 Å². The van der Waals surface area contributed by atoms with Crippen molar-refractivity contribution in [2.24, 2.45) is 5.73 Å². The highest BCUT2D eigenvalue weighted by Gasteiger charge is 2.13. The molecule has 1 aromatic heterocycles. The average molecular weight is 301 g/mol. The number of hydrogen-bond donors (Lipinski definition) is 2. The summed E-state index contributed by atoms with van der Waals surface area (Å²) < 4.78 is 1.65. The molecule has 2 amide bonds. The first-order chi connectivity index (χ1) is 10.5. The molecular weight excluding hydrogens is 282 g/mol. The number of para-hydroxylation sites is 1. The van der Waals surface area contributed by atoms with Gasteiger partial charge in [-0.25, -0.2) is 4.68 Å². The number of nitrogens with zero attached hydrogens (tertiary/aromatic N) is 3. The van der Waals surface area contributed by atoms with Crippen molar-refractivity contribution in [3.05, 3.63) is 47.8 Å². The molecule has 1 aromatic carbocycles. The monoisotopic (exact) mass is 301 g/mol. The summed E-state index contributed by atoms with van der Waals surface area (Å²) in [6.45, 7) is 0.564. The number of aromatic nitrogens is 2. The number of rotatable bonds is 6. The van der Waals surface area contributed by atoms with Crippen LogP contribution in [0.4, 0.5) is 0 Å². The van der Waals surface area contributed by atoms with Crippen molar-refractivity contribution in [3.8, 4) is 5.69 Å². The number of carbonyl (C=O) groups excluding carboxylic acids is 2. The molecule has 0 saturated heterocycles. The number of nitrogens with two attached hydrogens (primary N) is 1. The summed E-state index contributed by atoms with van der Waals surface area (Å²) in [5.74, 6) is -0.947. The maximum atomic E-state index is 12.2. The number of primary amides is 1. The van der Waals surface area contributed by atoms with E-state index in [1.165, 1.54) is 0 Å². The van der Waals surface area contributed by atoms with E-state index in [2.05, 4.69) is 10.4 Å². The molecule has 0 unspecified atom stereocenters. The molecule has 116 valence electrons. The molecule has 0 fully saturated rings. The van der Waals surface area contributed by atoms with Crippen LogP contribution in [0.15, 0.2) is 36.7 Å². The van der Waals surface area contributed by atoms with E-state index in [0.29, 0.717) is 11.3 Å². The minimum absolute atomic E-state index is 0.196. The van der Waals surface area contributed by atoms with Crippen LogP contribution in [0.5, 0.6) is 0 Å². The zero-order valence-corrected chi connectivity index (χ0v) is 12.6. The number of carbonyl (C=O) groups is 2. The molecule has 0 atom stereocenters. The SMILES string of the molecule is CN(C)Cc1cnn(-c2ccccc2C(=O)NCC(N)=O)c1. The first-order valence-corrected chi connectivity index (χ1v) is 6.81. The van der Waals surface area contributed by atoms with Gasteiger partial charge in [0.2, 0.25) is 5.91 Å². The van der Waals surface area contributed by atoms with Crippen molar-refractivity contribution in [2.75, 3.05) is 20.6 Å². The second kappa shape index (κ2) is 6.86. The third kappa shape index (κ3) is 3.92. The summed E-state index contributed by atoms with van der Waals surface area (Å²) in [6, 6.07) is 7.06. The quantitative estimate of drug-likeness (QED) is 0.794. The molecule has 7 heteroatoms. The molecule has 0 bridgehead atoms. The first-order valence-electron chi connectivity index (χ1n) is 6.81. The number of amides is 2. The Labute approximate surface area is 128 Å². The fourth-order valence-electron chi connectivity index (χ4n) is 2.07. The molecule has 0 aliphatic heterocycles. The van der Waals surface area contributed by atoms with Crippen molar-refractivity contribution in [3.63, 3.8) is 0 Å². The number of hydrogen-bond acceptors (Lipinski definition) is 4. The van der Waals surface area contributed by atoms with Gasteiger partial charge in [-0.1, -0.05) is 12.1 Å².